The Bertz CT molecular complexity index is 1090. The van der Waals surface area contributed by atoms with Crippen LogP contribution in [0.15, 0.2) is 40.4 Å². The Labute approximate surface area is 177 Å². The van der Waals surface area contributed by atoms with Gasteiger partial charge < -0.3 is 10.3 Å². The molecule has 1 aliphatic rings. The normalized spacial score (nSPS) is 16.1. The van der Waals surface area contributed by atoms with E-state index < -0.39 is 0 Å². The van der Waals surface area contributed by atoms with Crippen molar-refractivity contribution in [2.45, 2.75) is 55.5 Å². The van der Waals surface area contributed by atoms with E-state index >= 15 is 0 Å². The zero-order valence-corrected chi connectivity index (χ0v) is 17.6. The molecule has 0 unspecified atom stereocenters. The molecule has 152 valence electrons. The van der Waals surface area contributed by atoms with Crippen molar-refractivity contribution in [1.82, 2.24) is 25.1 Å². The number of fused-ring (bicyclic) bond motifs is 1. The van der Waals surface area contributed by atoms with Gasteiger partial charge in [-0.2, -0.15) is 5.10 Å². The topological polar surface area (TPSA) is 92.7 Å². The minimum absolute atomic E-state index is 0.0343. The Balaban J connectivity index is 1.57. The van der Waals surface area contributed by atoms with Crippen LogP contribution in [-0.2, 0) is 4.79 Å². The molecule has 1 saturated carbocycles. The molecule has 29 heavy (non-hydrogen) atoms. The number of rotatable bonds is 5. The van der Waals surface area contributed by atoms with Gasteiger partial charge in [0.2, 0.25) is 5.91 Å². The average molecular weight is 432 g/mol. The zero-order chi connectivity index (χ0) is 20.4. The summed E-state index contributed by atoms with van der Waals surface area (Å²) in [6.07, 6.45) is 7.10. The van der Waals surface area contributed by atoms with Crippen LogP contribution in [0.4, 0.5) is 0 Å². The number of halogens is 1. The summed E-state index contributed by atoms with van der Waals surface area (Å²) in [4.78, 5) is 32.4. The molecule has 0 bridgehead atoms. The van der Waals surface area contributed by atoms with Crippen molar-refractivity contribution in [3.05, 3.63) is 45.8 Å². The van der Waals surface area contributed by atoms with Gasteiger partial charge in [-0.05, 0) is 38.0 Å². The highest BCUT2D eigenvalue weighted by Gasteiger charge is 2.22. The highest BCUT2D eigenvalue weighted by molar-refractivity contribution is 8.00. The van der Waals surface area contributed by atoms with E-state index in [2.05, 4.69) is 20.4 Å². The number of benzene rings is 1. The molecule has 1 atom stereocenters. The quantitative estimate of drug-likeness (QED) is 0.474. The van der Waals surface area contributed by atoms with Crippen LogP contribution in [0.2, 0.25) is 5.02 Å². The van der Waals surface area contributed by atoms with Crippen molar-refractivity contribution < 1.29 is 4.79 Å². The molecule has 0 spiro atoms. The number of H-pyrrole nitrogens is 1. The van der Waals surface area contributed by atoms with Gasteiger partial charge in [0.05, 0.1) is 17.1 Å². The number of aromatic nitrogens is 4. The van der Waals surface area contributed by atoms with Gasteiger partial charge in [-0.15, -0.1) is 0 Å². The van der Waals surface area contributed by atoms with E-state index in [0.717, 1.165) is 25.7 Å². The van der Waals surface area contributed by atoms with E-state index in [-0.39, 0.29) is 22.8 Å². The smallest absolute Gasteiger partial charge is 0.262 e. The molecule has 7 nitrogen and oxygen atoms in total. The summed E-state index contributed by atoms with van der Waals surface area (Å²) in [5.74, 6) is -0.0343. The van der Waals surface area contributed by atoms with E-state index in [0.29, 0.717) is 26.9 Å². The molecule has 1 aromatic carbocycles. The van der Waals surface area contributed by atoms with Gasteiger partial charge >= 0.3 is 0 Å². The van der Waals surface area contributed by atoms with Gasteiger partial charge in [-0.25, -0.2) is 9.67 Å². The number of nitrogens with zero attached hydrogens (tertiary/aromatic N) is 3. The van der Waals surface area contributed by atoms with Crippen LogP contribution < -0.4 is 10.9 Å². The van der Waals surface area contributed by atoms with Crippen LogP contribution in [0, 0.1) is 0 Å². The van der Waals surface area contributed by atoms with E-state index in [1.165, 1.54) is 24.4 Å². The molecule has 0 aliphatic heterocycles. The summed E-state index contributed by atoms with van der Waals surface area (Å²) >= 11 is 7.31. The molecular weight excluding hydrogens is 410 g/mol. The summed E-state index contributed by atoms with van der Waals surface area (Å²) in [6.45, 7) is 1.82. The van der Waals surface area contributed by atoms with Gasteiger partial charge in [-0.1, -0.05) is 48.7 Å². The fourth-order valence-corrected chi connectivity index (χ4v) is 4.52. The van der Waals surface area contributed by atoms with Crippen molar-refractivity contribution in [1.29, 1.82) is 0 Å². The van der Waals surface area contributed by atoms with Crippen LogP contribution in [0.5, 0.6) is 0 Å². The van der Waals surface area contributed by atoms with Gasteiger partial charge in [-0.3, -0.25) is 9.59 Å². The maximum absolute atomic E-state index is 12.6. The minimum Gasteiger partial charge on any atom is -0.352 e. The molecular formula is C20H22ClN5O2S. The predicted octanol–water partition coefficient (Wildman–Crippen LogP) is 3.69. The minimum atomic E-state index is -0.375. The lowest BCUT2D eigenvalue weighted by Crippen LogP contribution is -2.40. The van der Waals surface area contributed by atoms with Crippen molar-refractivity contribution in [3.63, 3.8) is 0 Å². The van der Waals surface area contributed by atoms with Crippen molar-refractivity contribution in [3.8, 4) is 5.69 Å². The van der Waals surface area contributed by atoms with E-state index in [9.17, 15) is 9.59 Å². The molecule has 1 fully saturated rings. The first-order valence-electron chi connectivity index (χ1n) is 9.72. The number of aromatic amines is 1. The number of nitrogens with one attached hydrogen (secondary N) is 2. The zero-order valence-electron chi connectivity index (χ0n) is 16.0. The first-order valence-corrected chi connectivity index (χ1v) is 11.0. The molecule has 0 radical (unpaired) electrons. The first-order chi connectivity index (χ1) is 14.0. The molecule has 3 aromatic rings. The third-order valence-corrected chi connectivity index (χ3v) is 6.30. The summed E-state index contributed by atoms with van der Waals surface area (Å²) in [6, 6.07) is 7.42. The highest BCUT2D eigenvalue weighted by atomic mass is 35.5. The fraction of sp³-hybridized carbons (Fsp3) is 0.400. The number of hydrogen-bond donors (Lipinski definition) is 2. The second-order valence-electron chi connectivity index (χ2n) is 7.25. The van der Waals surface area contributed by atoms with Gasteiger partial charge in [0.1, 0.15) is 5.39 Å². The van der Waals surface area contributed by atoms with Crippen LogP contribution in [0.1, 0.15) is 39.0 Å². The van der Waals surface area contributed by atoms with E-state index in [4.69, 9.17) is 11.6 Å². The summed E-state index contributed by atoms with van der Waals surface area (Å²) in [5, 5.41) is 8.37. The maximum Gasteiger partial charge on any atom is 0.262 e. The van der Waals surface area contributed by atoms with Crippen LogP contribution in [0.25, 0.3) is 16.7 Å². The molecule has 1 amide bonds. The lowest BCUT2D eigenvalue weighted by atomic mass is 9.95. The summed E-state index contributed by atoms with van der Waals surface area (Å²) in [7, 11) is 0. The van der Waals surface area contributed by atoms with Gasteiger partial charge in [0.25, 0.3) is 5.56 Å². The summed E-state index contributed by atoms with van der Waals surface area (Å²) < 4.78 is 1.58. The number of amides is 1. The lowest BCUT2D eigenvalue weighted by Gasteiger charge is -2.24. The number of hydrogen-bond acceptors (Lipinski definition) is 5. The average Bonchev–Trinajstić information content (AvgIpc) is 3.13. The lowest BCUT2D eigenvalue weighted by molar-refractivity contribution is -0.121. The second-order valence-corrected chi connectivity index (χ2v) is 9.01. The SMILES string of the molecule is C[C@H](Sc1nc2c(cnn2-c2cccc(Cl)c2)c(=O)[nH]1)C(=O)NC1CCCCC1. The molecule has 2 aromatic heterocycles. The largest absolute Gasteiger partial charge is 0.352 e. The Morgan fingerprint density at radius 3 is 2.90 bits per heavy atom. The van der Waals surface area contributed by atoms with Crippen molar-refractivity contribution in [2.75, 3.05) is 0 Å². The summed E-state index contributed by atoms with van der Waals surface area (Å²) in [5.41, 5.74) is 0.855. The standard InChI is InChI=1S/C20H22ClN5O2S/c1-12(18(27)23-14-7-3-2-4-8-14)29-20-24-17-16(19(28)25-20)11-22-26(17)15-9-5-6-13(21)10-15/h5-6,9-12,14H,2-4,7-8H2,1H3,(H,23,27)(H,24,25,28)/t12-/m0/s1. The molecule has 9 heteroatoms. The van der Waals surface area contributed by atoms with Crippen molar-refractivity contribution in [2.24, 2.45) is 0 Å². The molecule has 4 rings (SSSR count). The Morgan fingerprint density at radius 2 is 2.14 bits per heavy atom. The van der Waals surface area contributed by atoms with Gasteiger partial charge in [0, 0.05) is 11.1 Å². The van der Waals surface area contributed by atoms with Crippen LogP contribution in [0.3, 0.4) is 0 Å². The third kappa shape index (κ3) is 4.48. The highest BCUT2D eigenvalue weighted by Crippen LogP contribution is 2.23. The first kappa shape index (κ1) is 20.0. The maximum atomic E-state index is 12.6. The molecule has 1 aliphatic carbocycles. The fourth-order valence-electron chi connectivity index (χ4n) is 3.54. The third-order valence-electron chi connectivity index (χ3n) is 5.08. The van der Waals surface area contributed by atoms with Crippen molar-refractivity contribution >= 4 is 40.3 Å². The Hall–Kier alpha value is -2.32. The predicted molar refractivity (Wildman–Crippen MR) is 115 cm³/mol. The van der Waals surface area contributed by atoms with Gasteiger partial charge in [0.15, 0.2) is 10.8 Å². The second kappa shape index (κ2) is 8.59. The van der Waals surface area contributed by atoms with Crippen LogP contribution >= 0.6 is 23.4 Å². The monoisotopic (exact) mass is 431 g/mol. The molecule has 0 saturated heterocycles. The number of carbonyl (C=O) groups excluding carboxylic acids is 1. The Kier molecular flexibility index (Phi) is 5.91. The Morgan fingerprint density at radius 1 is 1.34 bits per heavy atom. The molecule has 2 heterocycles. The van der Waals surface area contributed by atoms with Crippen LogP contribution in [-0.4, -0.2) is 36.9 Å². The number of thioether (sulfide) groups is 1. The van der Waals surface area contributed by atoms with E-state index in [1.807, 2.05) is 19.1 Å². The molecule has 2 N–H and O–H groups in total. The van der Waals surface area contributed by atoms with E-state index in [1.54, 1.807) is 16.8 Å². The number of carbonyl (C=O) groups is 1.